The summed E-state index contributed by atoms with van der Waals surface area (Å²) in [6.45, 7) is 4.99. The summed E-state index contributed by atoms with van der Waals surface area (Å²) in [7, 11) is 0. The van der Waals surface area contributed by atoms with E-state index >= 15 is 0 Å². The van der Waals surface area contributed by atoms with Gasteiger partial charge in [0.2, 0.25) is 0 Å². The molecule has 6 rings (SSSR count). The molecule has 3 aromatic rings. The van der Waals surface area contributed by atoms with Crippen molar-refractivity contribution in [2.45, 2.75) is 44.9 Å². The van der Waals surface area contributed by atoms with Gasteiger partial charge >= 0.3 is 0 Å². The maximum Gasteiger partial charge on any atom is 0.0426 e. The molecule has 2 bridgehead atoms. The van der Waals surface area contributed by atoms with Gasteiger partial charge < -0.3 is 0 Å². The molecule has 5 unspecified atom stereocenters. The van der Waals surface area contributed by atoms with Gasteiger partial charge in [0.1, 0.15) is 0 Å². The van der Waals surface area contributed by atoms with Crippen molar-refractivity contribution in [1.82, 2.24) is 0 Å². The Hall–Kier alpha value is -1.76. The minimum Gasteiger partial charge on any atom is -0.0843 e. The lowest BCUT2D eigenvalue weighted by Crippen LogP contribution is -2.49. The molecule has 3 aliphatic carbocycles. The van der Waals surface area contributed by atoms with Crippen LogP contribution in [0.15, 0.2) is 60.7 Å². The van der Waals surface area contributed by atoms with E-state index in [-0.39, 0.29) is 5.41 Å². The van der Waals surface area contributed by atoms with Crippen LogP contribution >= 0.6 is 23.2 Å². The zero-order chi connectivity index (χ0) is 21.3. The van der Waals surface area contributed by atoms with Gasteiger partial charge in [-0.25, -0.2) is 0 Å². The predicted molar refractivity (Wildman–Crippen MR) is 132 cm³/mol. The fraction of sp³-hybridized carbons (Fsp3) is 0.379. The quantitative estimate of drug-likeness (QED) is 0.349. The van der Waals surface area contributed by atoms with Crippen LogP contribution in [0.25, 0.3) is 22.3 Å². The first-order valence-electron chi connectivity index (χ1n) is 11.7. The van der Waals surface area contributed by atoms with Crippen LogP contribution in [0.4, 0.5) is 0 Å². The van der Waals surface area contributed by atoms with E-state index < -0.39 is 0 Å². The predicted octanol–water partition coefficient (Wildman–Crippen LogP) is 9.02. The summed E-state index contributed by atoms with van der Waals surface area (Å²) in [5.41, 5.74) is 8.38. The van der Waals surface area contributed by atoms with Crippen molar-refractivity contribution in [1.29, 1.82) is 0 Å². The molecule has 0 aliphatic heterocycles. The molecule has 0 N–H and O–H groups in total. The number of benzene rings is 3. The molecule has 0 nitrogen and oxygen atoms in total. The van der Waals surface area contributed by atoms with Gasteiger partial charge in [-0.3, -0.25) is 0 Å². The summed E-state index contributed by atoms with van der Waals surface area (Å²) in [4.78, 5) is 0. The highest BCUT2D eigenvalue weighted by atomic mass is 35.5. The third kappa shape index (κ3) is 2.81. The number of hydrogen-bond acceptors (Lipinski definition) is 0. The Bertz CT molecular complexity index is 1150. The molecule has 5 atom stereocenters. The van der Waals surface area contributed by atoms with Gasteiger partial charge in [-0.2, -0.15) is 0 Å². The summed E-state index contributed by atoms with van der Waals surface area (Å²) < 4.78 is 0. The van der Waals surface area contributed by atoms with Crippen LogP contribution in [0.2, 0.25) is 10.0 Å². The van der Waals surface area contributed by atoms with E-state index in [4.69, 9.17) is 23.2 Å². The molecule has 0 amide bonds. The lowest BCUT2D eigenvalue weighted by atomic mass is 9.49. The molecule has 0 heterocycles. The van der Waals surface area contributed by atoms with Crippen LogP contribution in [0.1, 0.15) is 50.7 Å². The van der Waals surface area contributed by atoms with E-state index in [9.17, 15) is 0 Å². The highest BCUT2D eigenvalue weighted by molar-refractivity contribution is 6.35. The number of fused-ring (bicyclic) bond motifs is 8. The molecular formula is C29H28Cl2. The van der Waals surface area contributed by atoms with Gasteiger partial charge in [0.05, 0.1) is 0 Å². The van der Waals surface area contributed by atoms with E-state index in [0.29, 0.717) is 21.9 Å². The summed E-state index contributed by atoms with van der Waals surface area (Å²) >= 11 is 12.8. The molecule has 0 radical (unpaired) electrons. The summed E-state index contributed by atoms with van der Waals surface area (Å²) in [5, 5.41) is 1.38. The largest absolute Gasteiger partial charge is 0.0843 e. The van der Waals surface area contributed by atoms with Crippen molar-refractivity contribution >= 4 is 23.2 Å². The Kier molecular flexibility index (Phi) is 4.57. The zero-order valence-electron chi connectivity index (χ0n) is 18.2. The van der Waals surface area contributed by atoms with E-state index in [1.54, 1.807) is 5.56 Å². The van der Waals surface area contributed by atoms with Gasteiger partial charge in [-0.05, 0) is 101 Å². The van der Waals surface area contributed by atoms with Gasteiger partial charge in [-0.1, -0.05) is 79.5 Å². The standard InChI is InChI=1S/C29H28Cl2/c1-17-10-19-12-18(2)29(21(11-17)13-19)26-8-4-3-6-25(26)28-24(7-5-9-27(28)29)20-14-22(30)16-23(31)15-20/h3-9,14-19,21H,10-13H2,1-2H3. The Morgan fingerprint density at radius 2 is 1.45 bits per heavy atom. The van der Waals surface area contributed by atoms with Gasteiger partial charge in [0, 0.05) is 15.5 Å². The fourth-order valence-electron chi connectivity index (χ4n) is 7.71. The maximum absolute atomic E-state index is 6.42. The van der Waals surface area contributed by atoms with Crippen molar-refractivity contribution in [3.05, 3.63) is 81.8 Å². The first-order chi connectivity index (χ1) is 15.0. The molecule has 2 fully saturated rings. The van der Waals surface area contributed by atoms with Crippen LogP contribution in [0.5, 0.6) is 0 Å². The summed E-state index contributed by atoms with van der Waals surface area (Å²) in [6.07, 6.45) is 5.45. The second-order valence-electron chi connectivity index (χ2n) is 10.3. The summed E-state index contributed by atoms with van der Waals surface area (Å²) in [6, 6.07) is 22.0. The van der Waals surface area contributed by atoms with Crippen LogP contribution in [0, 0.1) is 23.7 Å². The second kappa shape index (κ2) is 7.12. The van der Waals surface area contributed by atoms with Crippen LogP contribution in [-0.2, 0) is 5.41 Å². The van der Waals surface area contributed by atoms with E-state index in [1.165, 1.54) is 47.9 Å². The number of halogens is 2. The third-order valence-corrected chi connectivity index (χ3v) is 8.91. The van der Waals surface area contributed by atoms with E-state index in [1.807, 2.05) is 6.07 Å². The summed E-state index contributed by atoms with van der Waals surface area (Å²) in [5.74, 6) is 3.06. The average molecular weight is 447 g/mol. The monoisotopic (exact) mass is 446 g/mol. The Morgan fingerprint density at radius 1 is 0.742 bits per heavy atom. The fourth-order valence-corrected chi connectivity index (χ4v) is 8.24. The number of hydrogen-bond donors (Lipinski definition) is 0. The smallest absolute Gasteiger partial charge is 0.0426 e. The third-order valence-electron chi connectivity index (χ3n) is 8.47. The van der Waals surface area contributed by atoms with E-state index in [0.717, 1.165) is 17.4 Å². The molecule has 3 aromatic carbocycles. The van der Waals surface area contributed by atoms with Crippen LogP contribution < -0.4 is 0 Å². The Morgan fingerprint density at radius 3 is 2.26 bits per heavy atom. The molecular weight excluding hydrogens is 419 g/mol. The maximum atomic E-state index is 6.42. The first-order valence-corrected chi connectivity index (χ1v) is 12.4. The van der Waals surface area contributed by atoms with Gasteiger partial charge in [0.25, 0.3) is 0 Å². The minimum absolute atomic E-state index is 0.121. The SMILES string of the molecule is CC1CC2CC(C)C3(c4ccccc4-c4c(-c5cc(Cl)cc(Cl)c5)cccc43)C(C1)C2. The zero-order valence-corrected chi connectivity index (χ0v) is 19.7. The lowest BCUT2D eigenvalue weighted by Gasteiger charge is -2.54. The molecule has 2 saturated carbocycles. The van der Waals surface area contributed by atoms with Crippen molar-refractivity contribution in [3.63, 3.8) is 0 Å². The molecule has 0 saturated heterocycles. The van der Waals surface area contributed by atoms with Gasteiger partial charge in [-0.15, -0.1) is 0 Å². The average Bonchev–Trinajstić information content (AvgIpc) is 3.03. The van der Waals surface area contributed by atoms with E-state index in [2.05, 4.69) is 68.4 Å². The van der Waals surface area contributed by atoms with Crippen molar-refractivity contribution < 1.29 is 0 Å². The molecule has 2 heteroatoms. The normalized spacial score (nSPS) is 30.8. The van der Waals surface area contributed by atoms with Crippen LogP contribution in [0.3, 0.4) is 0 Å². The van der Waals surface area contributed by atoms with Gasteiger partial charge in [0.15, 0.2) is 0 Å². The molecule has 158 valence electrons. The Labute approximate surface area is 195 Å². The molecule has 3 aliphatic rings. The molecule has 31 heavy (non-hydrogen) atoms. The van der Waals surface area contributed by atoms with Crippen molar-refractivity contribution in [3.8, 4) is 22.3 Å². The van der Waals surface area contributed by atoms with Crippen molar-refractivity contribution in [2.24, 2.45) is 23.7 Å². The minimum atomic E-state index is 0.121. The Balaban J connectivity index is 1.65. The second-order valence-corrected chi connectivity index (χ2v) is 11.2. The highest BCUT2D eigenvalue weighted by Crippen LogP contribution is 2.65. The first kappa shape index (κ1) is 19.9. The van der Waals surface area contributed by atoms with Crippen LogP contribution in [-0.4, -0.2) is 0 Å². The molecule has 1 spiro atoms. The molecule has 0 aromatic heterocycles. The number of rotatable bonds is 1. The van der Waals surface area contributed by atoms with Crippen molar-refractivity contribution in [2.75, 3.05) is 0 Å². The topological polar surface area (TPSA) is 0 Å². The lowest BCUT2D eigenvalue weighted by molar-refractivity contribution is 0.0426. The highest BCUT2D eigenvalue weighted by Gasteiger charge is 2.56.